The molecule has 0 atom stereocenters. The molecule has 4 aromatic rings. The minimum Gasteiger partial charge on any atom is -0.352 e. The van der Waals surface area contributed by atoms with Gasteiger partial charge in [-0.2, -0.15) is 5.10 Å². The largest absolute Gasteiger partial charge is 0.352 e. The van der Waals surface area contributed by atoms with Crippen LogP contribution >= 0.6 is 0 Å². The lowest BCUT2D eigenvalue weighted by Crippen LogP contribution is -2.20. The van der Waals surface area contributed by atoms with Gasteiger partial charge in [0.15, 0.2) is 0 Å². The van der Waals surface area contributed by atoms with Crippen LogP contribution < -0.4 is 5.56 Å². The number of rotatable bonds is 5. The highest BCUT2D eigenvalue weighted by Crippen LogP contribution is 2.26. The Hall–Kier alpha value is -2.89. The predicted octanol–water partition coefficient (Wildman–Crippen LogP) is 3.03. The minimum atomic E-state index is -0.140. The van der Waals surface area contributed by atoms with Gasteiger partial charge in [-0.15, -0.1) is 0 Å². The molecule has 0 saturated heterocycles. The first-order chi connectivity index (χ1) is 12.0. The highest BCUT2D eigenvalue weighted by molar-refractivity contribution is 5.80. The molecule has 0 amide bonds. The molecule has 0 fully saturated rings. The van der Waals surface area contributed by atoms with Crippen molar-refractivity contribution in [2.75, 3.05) is 0 Å². The van der Waals surface area contributed by atoms with Crippen molar-refractivity contribution in [2.24, 2.45) is 5.41 Å². The molecule has 0 aromatic carbocycles. The summed E-state index contributed by atoms with van der Waals surface area (Å²) in [4.78, 5) is 16.5. The Balaban J connectivity index is 1.48. The molecule has 0 aliphatic carbocycles. The van der Waals surface area contributed by atoms with E-state index in [2.05, 4.69) is 44.2 Å². The normalized spacial score (nSPS) is 12.2. The number of hydrogen-bond donors (Lipinski definition) is 1. The predicted molar refractivity (Wildman–Crippen MR) is 97.6 cm³/mol. The molecule has 0 radical (unpaired) electrons. The van der Waals surface area contributed by atoms with Crippen molar-refractivity contribution < 1.29 is 0 Å². The smallest absolute Gasteiger partial charge is 0.273 e. The molecule has 0 spiro atoms. The lowest BCUT2D eigenvalue weighted by molar-refractivity contribution is 0.282. The van der Waals surface area contributed by atoms with Crippen molar-refractivity contribution in [1.82, 2.24) is 24.1 Å². The van der Waals surface area contributed by atoms with Crippen LogP contribution in [-0.2, 0) is 13.0 Å². The number of aromatic nitrogens is 5. The van der Waals surface area contributed by atoms with Gasteiger partial charge in [0.25, 0.3) is 5.56 Å². The Labute approximate surface area is 145 Å². The molecule has 0 unspecified atom stereocenters. The zero-order valence-electron chi connectivity index (χ0n) is 14.4. The number of imidazole rings is 1. The van der Waals surface area contributed by atoms with Crippen LogP contribution in [0.15, 0.2) is 54.0 Å². The monoisotopic (exact) mass is 335 g/mol. The number of H-pyrrole nitrogens is 1. The summed E-state index contributed by atoms with van der Waals surface area (Å²) in [6.07, 6.45) is 11.6. The number of pyridine rings is 1. The van der Waals surface area contributed by atoms with Gasteiger partial charge in [-0.25, -0.2) is 10.1 Å². The summed E-state index contributed by atoms with van der Waals surface area (Å²) < 4.78 is 4.14. The van der Waals surface area contributed by atoms with Gasteiger partial charge < -0.3 is 8.97 Å². The highest BCUT2D eigenvalue weighted by atomic mass is 16.1. The maximum atomic E-state index is 11.8. The summed E-state index contributed by atoms with van der Waals surface area (Å²) in [6.45, 7) is 5.33. The van der Waals surface area contributed by atoms with Crippen molar-refractivity contribution in [3.05, 3.63) is 65.2 Å². The van der Waals surface area contributed by atoms with Gasteiger partial charge in [0.2, 0.25) is 0 Å². The van der Waals surface area contributed by atoms with E-state index in [-0.39, 0.29) is 11.0 Å². The van der Waals surface area contributed by atoms with Crippen LogP contribution in [0.3, 0.4) is 0 Å². The molecule has 128 valence electrons. The van der Waals surface area contributed by atoms with Gasteiger partial charge in [0.05, 0.1) is 17.3 Å². The summed E-state index contributed by atoms with van der Waals surface area (Å²) in [6, 6.07) is 6.03. The van der Waals surface area contributed by atoms with Gasteiger partial charge in [-0.3, -0.25) is 4.79 Å². The Bertz CT molecular complexity index is 1050. The number of aryl methyl sites for hydroxylation is 1. The summed E-state index contributed by atoms with van der Waals surface area (Å²) in [5, 5.41) is 7.90. The molecular formula is C19H21N5O. The maximum Gasteiger partial charge on any atom is 0.273 e. The molecule has 6 heteroatoms. The summed E-state index contributed by atoms with van der Waals surface area (Å²) in [5.74, 6) is 0. The van der Waals surface area contributed by atoms with E-state index in [1.165, 1.54) is 0 Å². The SMILES string of the molecule is CC(C)(CCc1cn2ccccc2n1)Cn1cc2cn[nH]c(=O)c2c1. The Kier molecular flexibility index (Phi) is 3.67. The van der Waals surface area contributed by atoms with E-state index in [1.807, 2.05) is 36.8 Å². The second kappa shape index (κ2) is 5.88. The lowest BCUT2D eigenvalue weighted by Gasteiger charge is -2.24. The Morgan fingerprint density at radius 1 is 1.20 bits per heavy atom. The summed E-state index contributed by atoms with van der Waals surface area (Å²) >= 11 is 0. The second-order valence-corrected chi connectivity index (χ2v) is 7.36. The molecule has 0 bridgehead atoms. The van der Waals surface area contributed by atoms with Crippen molar-refractivity contribution in [1.29, 1.82) is 0 Å². The van der Waals surface area contributed by atoms with E-state index in [0.29, 0.717) is 5.39 Å². The average Bonchev–Trinajstić information content (AvgIpc) is 3.16. The van der Waals surface area contributed by atoms with Crippen LogP contribution in [0, 0.1) is 5.41 Å². The molecule has 0 aliphatic rings. The van der Waals surface area contributed by atoms with E-state index in [9.17, 15) is 4.79 Å². The van der Waals surface area contributed by atoms with Crippen molar-refractivity contribution in [3.63, 3.8) is 0 Å². The zero-order chi connectivity index (χ0) is 17.4. The van der Waals surface area contributed by atoms with Crippen molar-refractivity contribution in [2.45, 2.75) is 33.2 Å². The third-order valence-corrected chi connectivity index (χ3v) is 4.61. The van der Waals surface area contributed by atoms with Crippen LogP contribution in [-0.4, -0.2) is 24.1 Å². The van der Waals surface area contributed by atoms with Gasteiger partial charge in [0.1, 0.15) is 5.65 Å². The third kappa shape index (κ3) is 3.20. The molecule has 0 aliphatic heterocycles. The molecule has 4 aromatic heterocycles. The van der Waals surface area contributed by atoms with Gasteiger partial charge in [-0.05, 0) is 30.4 Å². The zero-order valence-corrected chi connectivity index (χ0v) is 14.4. The highest BCUT2D eigenvalue weighted by Gasteiger charge is 2.20. The van der Waals surface area contributed by atoms with E-state index in [1.54, 1.807) is 6.20 Å². The van der Waals surface area contributed by atoms with E-state index < -0.39 is 0 Å². The molecule has 4 heterocycles. The van der Waals surface area contributed by atoms with E-state index in [0.717, 1.165) is 36.1 Å². The summed E-state index contributed by atoms with van der Waals surface area (Å²) in [7, 11) is 0. The molecular weight excluding hydrogens is 314 g/mol. The Morgan fingerprint density at radius 2 is 2.08 bits per heavy atom. The van der Waals surface area contributed by atoms with Crippen LogP contribution in [0.25, 0.3) is 16.4 Å². The molecule has 1 N–H and O–H groups in total. The lowest BCUT2D eigenvalue weighted by atomic mass is 9.87. The standard InChI is InChI=1S/C19H21N5O/c1-19(2,7-6-15-11-24-8-4-3-5-17(24)21-15)13-23-10-14-9-20-22-18(25)16(14)12-23/h3-5,8-12H,6-7,13H2,1-2H3,(H,22,25). The van der Waals surface area contributed by atoms with Crippen LogP contribution in [0.5, 0.6) is 0 Å². The number of nitrogens with one attached hydrogen (secondary N) is 1. The first kappa shape index (κ1) is 15.6. The first-order valence-corrected chi connectivity index (χ1v) is 8.46. The van der Waals surface area contributed by atoms with Crippen molar-refractivity contribution >= 4 is 16.4 Å². The molecule has 4 rings (SSSR count). The second-order valence-electron chi connectivity index (χ2n) is 7.36. The van der Waals surface area contributed by atoms with Crippen molar-refractivity contribution in [3.8, 4) is 0 Å². The fourth-order valence-electron chi connectivity index (χ4n) is 3.28. The van der Waals surface area contributed by atoms with E-state index >= 15 is 0 Å². The quantitative estimate of drug-likeness (QED) is 0.609. The topological polar surface area (TPSA) is 68.0 Å². The van der Waals surface area contributed by atoms with Crippen LogP contribution in [0.4, 0.5) is 0 Å². The Morgan fingerprint density at radius 3 is 2.88 bits per heavy atom. The molecule has 6 nitrogen and oxygen atoms in total. The molecule has 25 heavy (non-hydrogen) atoms. The maximum absolute atomic E-state index is 11.8. The average molecular weight is 335 g/mol. The summed E-state index contributed by atoms with van der Waals surface area (Å²) in [5.41, 5.74) is 2.04. The van der Waals surface area contributed by atoms with Crippen LogP contribution in [0.2, 0.25) is 0 Å². The fourth-order valence-corrected chi connectivity index (χ4v) is 3.28. The first-order valence-electron chi connectivity index (χ1n) is 8.46. The number of hydrogen-bond acceptors (Lipinski definition) is 3. The minimum absolute atomic E-state index is 0.0883. The van der Waals surface area contributed by atoms with Gasteiger partial charge >= 0.3 is 0 Å². The van der Waals surface area contributed by atoms with Gasteiger partial charge in [0, 0.05) is 36.7 Å². The van der Waals surface area contributed by atoms with E-state index in [4.69, 9.17) is 0 Å². The number of aromatic amines is 1. The molecule has 0 saturated carbocycles. The van der Waals surface area contributed by atoms with Gasteiger partial charge in [-0.1, -0.05) is 19.9 Å². The third-order valence-electron chi connectivity index (χ3n) is 4.61. The fraction of sp³-hybridized carbons (Fsp3) is 0.316. The number of fused-ring (bicyclic) bond motifs is 2. The van der Waals surface area contributed by atoms with Crippen LogP contribution in [0.1, 0.15) is 26.0 Å². The number of nitrogens with zero attached hydrogens (tertiary/aromatic N) is 4.